The lowest BCUT2D eigenvalue weighted by Crippen LogP contribution is -2.19. The minimum absolute atomic E-state index is 0.261. The van der Waals surface area contributed by atoms with Gasteiger partial charge in [0, 0.05) is 12.7 Å². The lowest BCUT2D eigenvalue weighted by atomic mass is 10.2. The van der Waals surface area contributed by atoms with Gasteiger partial charge in [0.25, 0.3) is 0 Å². The lowest BCUT2D eigenvalue weighted by molar-refractivity contribution is 0.0695. The van der Waals surface area contributed by atoms with Crippen molar-refractivity contribution in [3.8, 4) is 0 Å². The zero-order valence-corrected chi connectivity index (χ0v) is 13.5. The van der Waals surface area contributed by atoms with Crippen molar-refractivity contribution in [3.63, 3.8) is 0 Å². The number of fused-ring (bicyclic) bond motifs is 1. The Morgan fingerprint density at radius 3 is 2.72 bits per heavy atom. The number of pyridine rings is 2. The van der Waals surface area contributed by atoms with Gasteiger partial charge in [0.2, 0.25) is 5.43 Å². The summed E-state index contributed by atoms with van der Waals surface area (Å²) in [6.07, 6.45) is 2.87. The summed E-state index contributed by atoms with van der Waals surface area (Å²) in [5.41, 5.74) is 3.92. The predicted molar refractivity (Wildman–Crippen MR) is 96.3 cm³/mol. The number of anilines is 1. The van der Waals surface area contributed by atoms with E-state index >= 15 is 0 Å². The highest BCUT2D eigenvalue weighted by atomic mass is 16.4. The summed E-state index contributed by atoms with van der Waals surface area (Å²) < 4.78 is 1.64. The van der Waals surface area contributed by atoms with Crippen LogP contribution in [-0.2, 0) is 6.54 Å². The molecule has 0 radical (unpaired) electrons. The molecule has 7 heteroatoms. The second-order valence-corrected chi connectivity index (χ2v) is 5.31. The smallest absolute Gasteiger partial charge is 0.341 e. The predicted octanol–water partition coefficient (Wildman–Crippen LogP) is 2.56. The number of aromatic nitrogens is 2. The molecule has 0 saturated heterocycles. The molecule has 2 heterocycles. The molecule has 25 heavy (non-hydrogen) atoms. The van der Waals surface area contributed by atoms with Gasteiger partial charge in [-0.05, 0) is 31.2 Å². The van der Waals surface area contributed by atoms with Crippen molar-refractivity contribution < 1.29 is 9.90 Å². The number of carbonyl (C=O) groups is 1. The van der Waals surface area contributed by atoms with E-state index in [2.05, 4.69) is 15.5 Å². The topological polar surface area (TPSA) is 96.6 Å². The molecule has 2 aromatic heterocycles. The molecule has 0 aliphatic rings. The number of nitrogens with one attached hydrogen (secondary N) is 1. The molecule has 0 aliphatic heterocycles. The molecule has 0 saturated carbocycles. The molecule has 0 atom stereocenters. The maximum absolute atomic E-state index is 12.3. The van der Waals surface area contributed by atoms with Crippen molar-refractivity contribution in [2.24, 2.45) is 5.10 Å². The summed E-state index contributed by atoms with van der Waals surface area (Å²) in [4.78, 5) is 27.9. The van der Waals surface area contributed by atoms with E-state index in [1.54, 1.807) is 22.9 Å². The van der Waals surface area contributed by atoms with E-state index in [0.29, 0.717) is 17.9 Å². The molecular weight excluding hydrogens is 320 g/mol. The summed E-state index contributed by atoms with van der Waals surface area (Å²) in [7, 11) is 0. The summed E-state index contributed by atoms with van der Waals surface area (Å²) in [6, 6.07) is 12.7. The van der Waals surface area contributed by atoms with Crippen LogP contribution >= 0.6 is 0 Å². The van der Waals surface area contributed by atoms with E-state index < -0.39 is 11.4 Å². The van der Waals surface area contributed by atoms with Crippen LogP contribution in [-0.4, -0.2) is 26.8 Å². The minimum atomic E-state index is -1.24. The van der Waals surface area contributed by atoms with Gasteiger partial charge < -0.3 is 9.67 Å². The number of hydrogen-bond acceptors (Lipinski definition) is 5. The van der Waals surface area contributed by atoms with Crippen LogP contribution in [0.3, 0.4) is 0 Å². The van der Waals surface area contributed by atoms with Crippen LogP contribution in [0, 0.1) is 0 Å². The monoisotopic (exact) mass is 336 g/mol. The Morgan fingerprint density at radius 1 is 1.28 bits per heavy atom. The number of rotatable bonds is 5. The van der Waals surface area contributed by atoms with Gasteiger partial charge in [-0.25, -0.2) is 9.78 Å². The number of aryl methyl sites for hydroxylation is 1. The van der Waals surface area contributed by atoms with Crippen LogP contribution in [0.1, 0.15) is 23.0 Å². The van der Waals surface area contributed by atoms with Gasteiger partial charge >= 0.3 is 5.97 Å². The van der Waals surface area contributed by atoms with E-state index in [-0.39, 0.29) is 10.9 Å². The number of benzene rings is 1. The van der Waals surface area contributed by atoms with Crippen molar-refractivity contribution in [1.29, 1.82) is 0 Å². The molecule has 7 nitrogen and oxygen atoms in total. The number of nitrogens with zero attached hydrogens (tertiary/aromatic N) is 3. The van der Waals surface area contributed by atoms with E-state index in [0.717, 1.165) is 5.69 Å². The van der Waals surface area contributed by atoms with Gasteiger partial charge in [-0.3, -0.25) is 10.2 Å². The highest BCUT2D eigenvalue weighted by molar-refractivity contribution is 5.92. The Kier molecular flexibility index (Phi) is 4.56. The maximum Gasteiger partial charge on any atom is 0.341 e. The Bertz CT molecular complexity index is 1010. The van der Waals surface area contributed by atoms with Crippen LogP contribution in [0.4, 0.5) is 5.69 Å². The first-order chi connectivity index (χ1) is 12.1. The number of carboxylic acid groups (broad SMARTS) is 1. The largest absolute Gasteiger partial charge is 0.477 e. The van der Waals surface area contributed by atoms with E-state index in [9.17, 15) is 9.59 Å². The molecule has 0 amide bonds. The molecule has 0 spiro atoms. The summed E-state index contributed by atoms with van der Waals surface area (Å²) >= 11 is 0. The van der Waals surface area contributed by atoms with Crippen molar-refractivity contribution >= 4 is 28.9 Å². The molecule has 126 valence electrons. The molecule has 1 aromatic carbocycles. The van der Waals surface area contributed by atoms with Gasteiger partial charge in [-0.2, -0.15) is 5.10 Å². The SMILES string of the molecule is CCn1cc(C(=O)O)c(=O)c2ccc(/C=N/Nc3ccccc3)nc21. The average Bonchev–Trinajstić information content (AvgIpc) is 2.62. The van der Waals surface area contributed by atoms with E-state index in [1.165, 1.54) is 6.20 Å². The van der Waals surface area contributed by atoms with Crippen molar-refractivity contribution in [3.05, 3.63) is 70.1 Å². The lowest BCUT2D eigenvalue weighted by Gasteiger charge is -2.09. The second-order valence-electron chi connectivity index (χ2n) is 5.31. The fourth-order valence-electron chi connectivity index (χ4n) is 2.43. The van der Waals surface area contributed by atoms with Crippen molar-refractivity contribution in [2.75, 3.05) is 5.43 Å². The first-order valence-corrected chi connectivity index (χ1v) is 7.71. The fourth-order valence-corrected chi connectivity index (χ4v) is 2.43. The summed E-state index contributed by atoms with van der Waals surface area (Å²) in [5.74, 6) is -1.24. The summed E-state index contributed by atoms with van der Waals surface area (Å²) in [6.45, 7) is 2.35. The molecule has 0 fully saturated rings. The van der Waals surface area contributed by atoms with Gasteiger partial charge in [0.15, 0.2) is 0 Å². The fraction of sp³-hybridized carbons (Fsp3) is 0.111. The first kappa shape index (κ1) is 16.4. The molecule has 2 N–H and O–H groups in total. The zero-order chi connectivity index (χ0) is 17.8. The van der Waals surface area contributed by atoms with Crippen LogP contribution in [0.2, 0.25) is 0 Å². The zero-order valence-electron chi connectivity index (χ0n) is 13.5. The second kappa shape index (κ2) is 6.96. The molecule has 0 aliphatic carbocycles. The normalized spacial score (nSPS) is 11.1. The third-order valence-corrected chi connectivity index (χ3v) is 3.68. The molecule has 0 bridgehead atoms. The summed E-state index contributed by atoms with van der Waals surface area (Å²) in [5, 5.41) is 13.6. The van der Waals surface area contributed by atoms with Gasteiger partial charge in [0.1, 0.15) is 11.2 Å². The highest BCUT2D eigenvalue weighted by Crippen LogP contribution is 2.11. The quantitative estimate of drug-likeness (QED) is 0.551. The third-order valence-electron chi connectivity index (χ3n) is 3.68. The standard InChI is InChI=1S/C18H16N4O3/c1-2-22-11-15(18(24)25)16(23)14-9-8-13(20-17(14)22)10-19-21-12-6-4-3-5-7-12/h3-11,21H,2H2,1H3,(H,24,25)/b19-10+. The Morgan fingerprint density at radius 2 is 2.04 bits per heavy atom. The molecule has 0 unspecified atom stereocenters. The van der Waals surface area contributed by atoms with Crippen molar-refractivity contribution in [1.82, 2.24) is 9.55 Å². The third kappa shape index (κ3) is 3.40. The van der Waals surface area contributed by atoms with Crippen LogP contribution in [0.15, 0.2) is 58.6 Å². The highest BCUT2D eigenvalue weighted by Gasteiger charge is 2.14. The molecule has 3 rings (SSSR count). The van der Waals surface area contributed by atoms with Gasteiger partial charge in [0.05, 0.1) is 23.0 Å². The van der Waals surface area contributed by atoms with Crippen LogP contribution in [0.25, 0.3) is 11.0 Å². The van der Waals surface area contributed by atoms with Crippen molar-refractivity contribution in [2.45, 2.75) is 13.5 Å². The van der Waals surface area contributed by atoms with E-state index in [4.69, 9.17) is 5.11 Å². The number of aromatic carboxylic acids is 1. The molecular formula is C18H16N4O3. The van der Waals surface area contributed by atoms with E-state index in [1.807, 2.05) is 37.3 Å². The van der Waals surface area contributed by atoms with Crippen LogP contribution < -0.4 is 10.9 Å². The Balaban J connectivity index is 1.98. The van der Waals surface area contributed by atoms with Gasteiger partial charge in [-0.1, -0.05) is 18.2 Å². The number of carboxylic acids is 1. The Hall–Kier alpha value is -3.48. The maximum atomic E-state index is 12.3. The number of hydrogen-bond donors (Lipinski definition) is 2. The minimum Gasteiger partial charge on any atom is -0.477 e. The first-order valence-electron chi connectivity index (χ1n) is 7.71. The number of para-hydroxylation sites is 1. The Labute approximate surface area is 143 Å². The number of hydrazone groups is 1. The molecule has 3 aromatic rings. The van der Waals surface area contributed by atoms with Crippen LogP contribution in [0.5, 0.6) is 0 Å². The average molecular weight is 336 g/mol. The van der Waals surface area contributed by atoms with Gasteiger partial charge in [-0.15, -0.1) is 0 Å².